The molecular formula is C21H24N4O3S. The summed E-state index contributed by atoms with van der Waals surface area (Å²) in [6.07, 6.45) is 6.15. The van der Waals surface area contributed by atoms with Crippen molar-refractivity contribution in [3.8, 4) is 11.1 Å². The van der Waals surface area contributed by atoms with E-state index < -0.39 is 15.1 Å². The van der Waals surface area contributed by atoms with Crippen LogP contribution in [0.3, 0.4) is 0 Å². The van der Waals surface area contributed by atoms with Crippen molar-refractivity contribution in [3.63, 3.8) is 0 Å². The molecule has 1 N–H and O–H groups in total. The van der Waals surface area contributed by atoms with Crippen molar-refractivity contribution in [1.29, 1.82) is 0 Å². The number of nitrogens with one attached hydrogen (secondary N) is 1. The van der Waals surface area contributed by atoms with Gasteiger partial charge in [-0.2, -0.15) is 5.10 Å². The van der Waals surface area contributed by atoms with E-state index in [0.717, 1.165) is 28.1 Å². The summed E-state index contributed by atoms with van der Waals surface area (Å²) in [5.74, 6) is 0. The highest BCUT2D eigenvalue weighted by Gasteiger charge is 2.32. The highest BCUT2D eigenvalue weighted by atomic mass is 32.2. The van der Waals surface area contributed by atoms with Crippen LogP contribution in [0.1, 0.15) is 17.7 Å². The molecule has 1 saturated heterocycles. The second kappa shape index (κ2) is 7.51. The molecule has 152 valence electrons. The van der Waals surface area contributed by atoms with E-state index in [1.807, 2.05) is 35.5 Å². The average molecular weight is 413 g/mol. The standard InChI is InChI=1S/C21H24N4O3S/c1-24-14-18(17-12-22-23-19(17)10-15-6-4-3-5-7-15)20(11-21(24)26)25-9-8-16(13-25)29(2,27)28/h3-7,11-12,14,16H,8-10,13H2,1-2H3,(H,22,23). The molecule has 0 bridgehead atoms. The van der Waals surface area contributed by atoms with Crippen LogP contribution in [-0.4, -0.2) is 47.8 Å². The van der Waals surface area contributed by atoms with Gasteiger partial charge in [0.05, 0.1) is 16.6 Å². The average Bonchev–Trinajstić information content (AvgIpc) is 3.34. The molecular weight excluding hydrogens is 388 g/mol. The Kier molecular flexibility index (Phi) is 5.04. The smallest absolute Gasteiger partial charge is 0.252 e. The first-order chi connectivity index (χ1) is 13.8. The highest BCUT2D eigenvalue weighted by molar-refractivity contribution is 7.91. The second-order valence-electron chi connectivity index (χ2n) is 7.62. The number of hydrogen-bond donors (Lipinski definition) is 1. The van der Waals surface area contributed by atoms with Crippen molar-refractivity contribution in [2.45, 2.75) is 18.1 Å². The fourth-order valence-electron chi connectivity index (χ4n) is 3.86. The predicted octanol–water partition coefficient (Wildman–Crippen LogP) is 1.99. The third-order valence-corrected chi connectivity index (χ3v) is 7.12. The van der Waals surface area contributed by atoms with Crippen LogP contribution in [0.25, 0.3) is 11.1 Å². The van der Waals surface area contributed by atoms with Gasteiger partial charge in [0, 0.05) is 62.4 Å². The monoisotopic (exact) mass is 412 g/mol. The minimum atomic E-state index is -3.12. The molecule has 1 unspecified atom stereocenters. The number of anilines is 1. The molecule has 3 aromatic rings. The molecule has 1 atom stereocenters. The third-order valence-electron chi connectivity index (χ3n) is 5.52. The minimum Gasteiger partial charge on any atom is -0.369 e. The Morgan fingerprint density at radius 1 is 1.21 bits per heavy atom. The number of nitrogens with zero attached hydrogens (tertiary/aromatic N) is 3. The number of pyridine rings is 1. The largest absolute Gasteiger partial charge is 0.369 e. The zero-order chi connectivity index (χ0) is 20.6. The summed E-state index contributed by atoms with van der Waals surface area (Å²) in [6, 6.07) is 11.7. The molecule has 4 rings (SSSR count). The Morgan fingerprint density at radius 3 is 2.66 bits per heavy atom. The number of aromatic nitrogens is 3. The molecule has 1 aliphatic heterocycles. The topological polar surface area (TPSA) is 88.1 Å². The van der Waals surface area contributed by atoms with E-state index in [0.29, 0.717) is 25.9 Å². The van der Waals surface area contributed by atoms with E-state index in [1.54, 1.807) is 17.7 Å². The maximum atomic E-state index is 12.4. The fourth-order valence-corrected chi connectivity index (χ4v) is 4.85. The first kappa shape index (κ1) is 19.4. The zero-order valence-electron chi connectivity index (χ0n) is 16.5. The number of H-pyrrole nitrogens is 1. The van der Waals surface area contributed by atoms with Crippen molar-refractivity contribution in [3.05, 3.63) is 70.4 Å². The molecule has 2 aromatic heterocycles. The summed E-state index contributed by atoms with van der Waals surface area (Å²) < 4.78 is 25.5. The number of aromatic amines is 1. The van der Waals surface area contributed by atoms with Gasteiger partial charge in [-0.1, -0.05) is 30.3 Å². The molecule has 1 fully saturated rings. The zero-order valence-corrected chi connectivity index (χ0v) is 17.3. The van der Waals surface area contributed by atoms with Gasteiger partial charge in [0.2, 0.25) is 0 Å². The Hall–Kier alpha value is -2.87. The lowest BCUT2D eigenvalue weighted by atomic mass is 10.0. The van der Waals surface area contributed by atoms with Crippen molar-refractivity contribution in [2.75, 3.05) is 24.2 Å². The number of hydrogen-bond acceptors (Lipinski definition) is 5. The second-order valence-corrected chi connectivity index (χ2v) is 9.94. The van der Waals surface area contributed by atoms with Crippen molar-refractivity contribution in [2.24, 2.45) is 7.05 Å². The van der Waals surface area contributed by atoms with Crippen molar-refractivity contribution < 1.29 is 8.42 Å². The lowest BCUT2D eigenvalue weighted by Gasteiger charge is -2.22. The Labute approximate surface area is 169 Å². The number of aryl methyl sites for hydroxylation is 1. The first-order valence-electron chi connectivity index (χ1n) is 9.54. The third kappa shape index (κ3) is 3.98. The van der Waals surface area contributed by atoms with E-state index in [4.69, 9.17) is 0 Å². The summed E-state index contributed by atoms with van der Waals surface area (Å²) in [7, 11) is -1.40. The van der Waals surface area contributed by atoms with Gasteiger partial charge in [-0.25, -0.2) is 8.42 Å². The van der Waals surface area contributed by atoms with Crippen LogP contribution in [0.2, 0.25) is 0 Å². The number of rotatable bonds is 5. The van der Waals surface area contributed by atoms with Crippen LogP contribution < -0.4 is 10.5 Å². The van der Waals surface area contributed by atoms with Crippen molar-refractivity contribution in [1.82, 2.24) is 14.8 Å². The van der Waals surface area contributed by atoms with Gasteiger partial charge in [0.15, 0.2) is 9.84 Å². The van der Waals surface area contributed by atoms with E-state index in [1.165, 1.54) is 6.26 Å². The Bertz CT molecular complexity index is 1180. The molecule has 1 aromatic carbocycles. The quantitative estimate of drug-likeness (QED) is 0.692. The van der Waals surface area contributed by atoms with E-state index in [9.17, 15) is 13.2 Å². The molecule has 0 amide bonds. The summed E-state index contributed by atoms with van der Waals surface area (Å²) in [5, 5.41) is 6.98. The summed E-state index contributed by atoms with van der Waals surface area (Å²) >= 11 is 0. The fraction of sp³-hybridized carbons (Fsp3) is 0.333. The van der Waals surface area contributed by atoms with Gasteiger partial charge in [-0.05, 0) is 12.0 Å². The Balaban J connectivity index is 1.75. The number of sulfone groups is 1. The van der Waals surface area contributed by atoms with Gasteiger partial charge < -0.3 is 9.47 Å². The SMILES string of the molecule is Cn1cc(-c2c[nH]nc2Cc2ccccc2)c(N2CCC(S(C)(=O)=O)C2)cc1=O. The summed E-state index contributed by atoms with van der Waals surface area (Å²) in [4.78, 5) is 14.4. The van der Waals surface area contributed by atoms with Crippen LogP contribution >= 0.6 is 0 Å². The summed E-state index contributed by atoms with van der Waals surface area (Å²) in [5.41, 5.74) is 4.46. The molecule has 29 heavy (non-hydrogen) atoms. The molecule has 3 heterocycles. The molecule has 0 saturated carbocycles. The molecule has 8 heteroatoms. The molecule has 0 radical (unpaired) electrons. The normalized spacial score (nSPS) is 17.0. The first-order valence-corrected chi connectivity index (χ1v) is 11.5. The van der Waals surface area contributed by atoms with E-state index in [-0.39, 0.29) is 5.56 Å². The van der Waals surface area contributed by atoms with Gasteiger partial charge in [0.1, 0.15) is 0 Å². The van der Waals surface area contributed by atoms with Crippen LogP contribution in [0.4, 0.5) is 5.69 Å². The van der Waals surface area contributed by atoms with Crippen LogP contribution in [-0.2, 0) is 23.3 Å². The van der Waals surface area contributed by atoms with Gasteiger partial charge >= 0.3 is 0 Å². The van der Waals surface area contributed by atoms with Gasteiger partial charge in [-0.15, -0.1) is 0 Å². The van der Waals surface area contributed by atoms with Crippen LogP contribution in [0.5, 0.6) is 0 Å². The van der Waals surface area contributed by atoms with Crippen LogP contribution in [0, 0.1) is 0 Å². The van der Waals surface area contributed by atoms with Crippen molar-refractivity contribution >= 4 is 15.5 Å². The molecule has 0 spiro atoms. The summed E-state index contributed by atoms with van der Waals surface area (Å²) in [6.45, 7) is 0.995. The van der Waals surface area contributed by atoms with Crippen LogP contribution in [0.15, 0.2) is 53.6 Å². The minimum absolute atomic E-state index is 0.125. The number of benzene rings is 1. The maximum Gasteiger partial charge on any atom is 0.252 e. The van der Waals surface area contributed by atoms with Gasteiger partial charge in [-0.3, -0.25) is 9.89 Å². The molecule has 0 aliphatic carbocycles. The lowest BCUT2D eigenvalue weighted by Crippen LogP contribution is -2.28. The highest BCUT2D eigenvalue weighted by Crippen LogP contribution is 2.34. The molecule has 1 aliphatic rings. The van der Waals surface area contributed by atoms with E-state index in [2.05, 4.69) is 22.3 Å². The lowest BCUT2D eigenvalue weighted by molar-refractivity contribution is 0.589. The predicted molar refractivity (Wildman–Crippen MR) is 114 cm³/mol. The van der Waals surface area contributed by atoms with Gasteiger partial charge in [0.25, 0.3) is 5.56 Å². The maximum absolute atomic E-state index is 12.4. The molecule has 7 nitrogen and oxygen atoms in total. The Morgan fingerprint density at radius 2 is 1.97 bits per heavy atom. The van der Waals surface area contributed by atoms with E-state index >= 15 is 0 Å².